The van der Waals surface area contributed by atoms with Gasteiger partial charge in [-0.1, -0.05) is 24.3 Å². The molecule has 0 radical (unpaired) electrons. The molecule has 190 valence electrons. The number of likely N-dealkylation sites (N-methyl/N-ethyl adjacent to an activating group) is 1. The number of aryl methyl sites for hydroxylation is 1. The molecule has 2 aromatic rings. The Labute approximate surface area is 205 Å². The molecule has 1 aromatic heterocycles. The fraction of sp³-hybridized carbons (Fsp3) is 0.565. The Morgan fingerprint density at radius 2 is 2.11 bits per heavy atom. The molecule has 0 saturated carbocycles. The fourth-order valence-electron chi connectivity index (χ4n) is 4.00. The van der Waals surface area contributed by atoms with Crippen molar-refractivity contribution in [2.24, 2.45) is 5.92 Å². The van der Waals surface area contributed by atoms with E-state index in [1.807, 2.05) is 13.0 Å². The highest BCUT2D eigenvalue weighted by Gasteiger charge is 2.31. The molecule has 1 aliphatic heterocycles. The molecule has 35 heavy (non-hydrogen) atoms. The summed E-state index contributed by atoms with van der Waals surface area (Å²) in [5.74, 6) is -0.367. The SMILES string of the molecule is C[C@@H]1CN([C@H](C)CO)C(=O)CCCn2cc(nn2)CO[C@@H]1CN(C)S(=O)(=O)c1ccccc1C#N. The van der Waals surface area contributed by atoms with Crippen LogP contribution in [0.4, 0.5) is 0 Å². The third-order valence-electron chi connectivity index (χ3n) is 6.18. The monoisotopic (exact) mass is 504 g/mol. The first-order valence-corrected chi connectivity index (χ1v) is 13.0. The molecule has 1 aliphatic rings. The molecule has 12 heteroatoms. The Kier molecular flexibility index (Phi) is 8.96. The van der Waals surface area contributed by atoms with E-state index in [0.717, 1.165) is 0 Å². The minimum absolute atomic E-state index is 0.00701. The number of sulfonamides is 1. The van der Waals surface area contributed by atoms with E-state index in [0.29, 0.717) is 18.7 Å². The fourth-order valence-corrected chi connectivity index (χ4v) is 5.32. The molecule has 1 N–H and O–H groups in total. The third-order valence-corrected chi connectivity index (χ3v) is 8.06. The zero-order chi connectivity index (χ0) is 25.6. The van der Waals surface area contributed by atoms with Crippen LogP contribution in [0, 0.1) is 17.2 Å². The standard InChI is InChI=1S/C23H32N6O5S/c1-17-12-29(18(2)15-30)23(31)9-6-10-28-13-20(25-26-28)16-34-21(17)14-27(3)35(32,33)22-8-5-4-7-19(22)11-24/h4-5,7-8,13,17-18,21,30H,6,9-10,12,14-16H2,1-3H3/t17-,18-,21-/m1/s1. The second-order valence-corrected chi connectivity index (χ2v) is 10.9. The Hall–Kier alpha value is -2.85. The van der Waals surface area contributed by atoms with E-state index < -0.39 is 22.2 Å². The Morgan fingerprint density at radius 1 is 1.37 bits per heavy atom. The molecular formula is C23H32N6O5S. The van der Waals surface area contributed by atoms with Crippen molar-refractivity contribution < 1.29 is 23.1 Å². The van der Waals surface area contributed by atoms with Crippen molar-refractivity contribution in [3.05, 3.63) is 41.7 Å². The number of aliphatic hydroxyl groups is 1. The summed E-state index contributed by atoms with van der Waals surface area (Å²) >= 11 is 0. The van der Waals surface area contributed by atoms with E-state index in [2.05, 4.69) is 10.3 Å². The molecule has 0 aliphatic carbocycles. The van der Waals surface area contributed by atoms with E-state index in [4.69, 9.17) is 4.74 Å². The van der Waals surface area contributed by atoms with Gasteiger partial charge in [-0.2, -0.15) is 9.57 Å². The minimum atomic E-state index is -3.97. The van der Waals surface area contributed by atoms with Crippen LogP contribution in [0.3, 0.4) is 0 Å². The van der Waals surface area contributed by atoms with E-state index in [9.17, 15) is 23.6 Å². The van der Waals surface area contributed by atoms with Crippen molar-refractivity contribution in [3.63, 3.8) is 0 Å². The number of fused-ring (bicyclic) bond motifs is 2. The molecule has 3 atom stereocenters. The number of ether oxygens (including phenoxy) is 1. The summed E-state index contributed by atoms with van der Waals surface area (Å²) < 4.78 is 35.5. The highest BCUT2D eigenvalue weighted by atomic mass is 32.2. The lowest BCUT2D eigenvalue weighted by atomic mass is 10.0. The van der Waals surface area contributed by atoms with Gasteiger partial charge < -0.3 is 14.7 Å². The maximum atomic E-state index is 13.3. The molecule has 1 amide bonds. The van der Waals surface area contributed by atoms with Crippen LogP contribution >= 0.6 is 0 Å². The van der Waals surface area contributed by atoms with Crippen LogP contribution in [-0.4, -0.2) is 82.5 Å². The van der Waals surface area contributed by atoms with Gasteiger partial charge in [-0.05, 0) is 25.5 Å². The Balaban J connectivity index is 1.89. The summed E-state index contributed by atoms with van der Waals surface area (Å²) in [7, 11) is -2.53. The molecule has 0 saturated heterocycles. The molecule has 0 unspecified atom stereocenters. The topological polar surface area (TPSA) is 142 Å². The van der Waals surface area contributed by atoms with Crippen LogP contribution < -0.4 is 0 Å². The zero-order valence-corrected chi connectivity index (χ0v) is 21.1. The number of hydrogen-bond acceptors (Lipinski definition) is 8. The van der Waals surface area contributed by atoms with Crippen LogP contribution in [0.2, 0.25) is 0 Å². The smallest absolute Gasteiger partial charge is 0.244 e. The van der Waals surface area contributed by atoms with Crippen molar-refractivity contribution in [2.75, 3.05) is 26.7 Å². The average molecular weight is 505 g/mol. The van der Waals surface area contributed by atoms with Gasteiger partial charge in [-0.15, -0.1) is 5.10 Å². The highest BCUT2D eigenvalue weighted by Crippen LogP contribution is 2.22. The molecule has 1 aromatic carbocycles. The van der Waals surface area contributed by atoms with E-state index >= 15 is 0 Å². The second-order valence-electron chi connectivity index (χ2n) is 8.87. The summed E-state index contributed by atoms with van der Waals surface area (Å²) in [6.45, 7) is 4.41. The van der Waals surface area contributed by atoms with Gasteiger partial charge in [0, 0.05) is 39.0 Å². The first-order valence-electron chi connectivity index (χ1n) is 11.5. The molecule has 0 spiro atoms. The lowest BCUT2D eigenvalue weighted by Crippen LogP contribution is -2.47. The number of carbonyl (C=O) groups is 1. The number of amides is 1. The highest BCUT2D eigenvalue weighted by molar-refractivity contribution is 7.89. The predicted octanol–water partition coefficient (Wildman–Crippen LogP) is 0.995. The van der Waals surface area contributed by atoms with Gasteiger partial charge >= 0.3 is 0 Å². The molecule has 3 rings (SSSR count). The average Bonchev–Trinajstić information content (AvgIpc) is 3.31. The van der Waals surface area contributed by atoms with Crippen LogP contribution in [0.5, 0.6) is 0 Å². The first-order chi connectivity index (χ1) is 16.7. The maximum absolute atomic E-state index is 13.3. The molecule has 11 nitrogen and oxygen atoms in total. The van der Waals surface area contributed by atoms with Gasteiger partial charge in [-0.3, -0.25) is 9.48 Å². The van der Waals surface area contributed by atoms with Gasteiger partial charge in [0.05, 0.1) is 42.0 Å². The number of aromatic nitrogens is 3. The lowest BCUT2D eigenvalue weighted by Gasteiger charge is -2.35. The number of hydrogen-bond donors (Lipinski definition) is 1. The van der Waals surface area contributed by atoms with Crippen LogP contribution in [0.1, 0.15) is 37.9 Å². The Morgan fingerprint density at radius 3 is 2.83 bits per heavy atom. The van der Waals surface area contributed by atoms with Crippen LogP contribution in [-0.2, 0) is 32.7 Å². The lowest BCUT2D eigenvalue weighted by molar-refractivity contribution is -0.136. The van der Waals surface area contributed by atoms with Crippen molar-refractivity contribution in [1.82, 2.24) is 24.2 Å². The van der Waals surface area contributed by atoms with Gasteiger partial charge in [0.2, 0.25) is 15.9 Å². The molecule has 2 bridgehead atoms. The van der Waals surface area contributed by atoms with E-state index in [1.54, 1.807) is 34.8 Å². The van der Waals surface area contributed by atoms with Gasteiger partial charge in [0.25, 0.3) is 0 Å². The normalized spacial score (nSPS) is 21.0. The van der Waals surface area contributed by atoms with E-state index in [1.165, 1.54) is 23.5 Å². The van der Waals surface area contributed by atoms with Crippen molar-refractivity contribution in [2.45, 2.75) is 56.9 Å². The maximum Gasteiger partial charge on any atom is 0.244 e. The van der Waals surface area contributed by atoms with Crippen LogP contribution in [0.25, 0.3) is 0 Å². The molecular weight excluding hydrogens is 472 g/mol. The number of nitrogens with zero attached hydrogens (tertiary/aromatic N) is 6. The van der Waals surface area contributed by atoms with E-state index in [-0.39, 0.29) is 55.0 Å². The largest absolute Gasteiger partial charge is 0.394 e. The van der Waals surface area contributed by atoms with Crippen molar-refractivity contribution >= 4 is 15.9 Å². The Bertz CT molecular complexity index is 1160. The van der Waals surface area contributed by atoms with Crippen LogP contribution in [0.15, 0.2) is 35.4 Å². The summed E-state index contributed by atoms with van der Waals surface area (Å²) in [5, 5.41) is 27.3. The quantitative estimate of drug-likeness (QED) is 0.614. The van der Waals surface area contributed by atoms with Crippen molar-refractivity contribution in [3.8, 4) is 6.07 Å². The first kappa shape index (κ1) is 26.7. The number of nitriles is 1. The minimum Gasteiger partial charge on any atom is -0.394 e. The third kappa shape index (κ3) is 6.43. The number of rotatable bonds is 6. The number of aliphatic hydroxyl groups excluding tert-OH is 1. The summed E-state index contributed by atoms with van der Waals surface area (Å²) in [6, 6.07) is 7.58. The summed E-state index contributed by atoms with van der Waals surface area (Å²) in [6.07, 6.45) is 2.02. The van der Waals surface area contributed by atoms with Gasteiger partial charge in [0.15, 0.2) is 0 Å². The molecule has 2 heterocycles. The summed E-state index contributed by atoms with van der Waals surface area (Å²) in [5.41, 5.74) is 0.669. The number of carbonyl (C=O) groups excluding carboxylic acids is 1. The zero-order valence-electron chi connectivity index (χ0n) is 20.2. The predicted molar refractivity (Wildman–Crippen MR) is 126 cm³/mol. The van der Waals surface area contributed by atoms with Gasteiger partial charge in [0.1, 0.15) is 11.8 Å². The summed E-state index contributed by atoms with van der Waals surface area (Å²) in [4.78, 5) is 14.5. The molecule has 0 fully saturated rings. The second kappa shape index (κ2) is 11.7. The van der Waals surface area contributed by atoms with Gasteiger partial charge in [-0.25, -0.2) is 8.42 Å². The number of benzene rings is 1. The van der Waals surface area contributed by atoms with Crippen molar-refractivity contribution in [1.29, 1.82) is 5.26 Å².